The molecule has 0 saturated carbocycles. The van der Waals surface area contributed by atoms with Gasteiger partial charge in [-0.25, -0.2) is 9.88 Å². The number of nitrogens with zero attached hydrogens (tertiary/aromatic N) is 4. The third-order valence-electron chi connectivity index (χ3n) is 3.89. The van der Waals surface area contributed by atoms with Crippen molar-refractivity contribution in [2.75, 3.05) is 18.1 Å². The molecule has 0 aliphatic heterocycles. The Hall–Kier alpha value is -3.01. The van der Waals surface area contributed by atoms with Crippen molar-refractivity contribution in [3.8, 4) is 23.6 Å². The predicted octanol–water partition coefficient (Wildman–Crippen LogP) is 5.56. The first-order valence-electron chi connectivity index (χ1n) is 8.80. The first-order valence-corrected chi connectivity index (χ1v) is 9.55. The van der Waals surface area contributed by atoms with Crippen molar-refractivity contribution in [1.82, 2.24) is 9.97 Å². The first kappa shape index (κ1) is 20.7. The maximum atomic E-state index is 9.52. The largest absolute Gasteiger partial charge is 0.492 e. The van der Waals surface area contributed by atoms with Crippen LogP contribution >= 0.6 is 23.2 Å². The summed E-state index contributed by atoms with van der Waals surface area (Å²) in [5, 5.41) is 10.4. The molecule has 2 aromatic carbocycles. The number of halogens is 2. The molecule has 0 unspecified atom stereocenters. The quantitative estimate of drug-likeness (QED) is 0.362. The monoisotopic (exact) mass is 428 g/mol. The number of aryl methyl sites for hydroxylation is 2. The second-order valence-corrected chi connectivity index (χ2v) is 7.08. The van der Waals surface area contributed by atoms with Crippen LogP contribution in [0.15, 0.2) is 48.5 Å². The van der Waals surface area contributed by atoms with E-state index in [1.54, 1.807) is 31.2 Å². The molecule has 1 heterocycles. The molecule has 3 rings (SSSR count). The van der Waals surface area contributed by atoms with Gasteiger partial charge in [0.2, 0.25) is 11.8 Å². The van der Waals surface area contributed by atoms with Crippen LogP contribution in [0.5, 0.6) is 17.4 Å². The van der Waals surface area contributed by atoms with E-state index in [1.165, 1.54) is 4.90 Å². The third-order valence-corrected chi connectivity index (χ3v) is 4.42. The molecule has 0 saturated heterocycles. The molecule has 1 aromatic heterocycles. The fourth-order valence-electron chi connectivity index (χ4n) is 2.45. The minimum Gasteiger partial charge on any atom is -0.492 e. The van der Waals surface area contributed by atoms with Crippen molar-refractivity contribution in [3.05, 3.63) is 69.8 Å². The SMILES string of the molecule is Cc1ccc(OCCN(C#N)c2nc(C)cc(Oc3ccc(Cl)cc3Cl)n2)cc1. The molecular weight excluding hydrogens is 411 g/mol. The van der Waals surface area contributed by atoms with Crippen LogP contribution in [0.1, 0.15) is 11.3 Å². The number of hydrogen-bond acceptors (Lipinski definition) is 6. The van der Waals surface area contributed by atoms with E-state index in [2.05, 4.69) is 16.2 Å². The van der Waals surface area contributed by atoms with E-state index in [-0.39, 0.29) is 18.4 Å². The molecule has 0 aliphatic carbocycles. The molecule has 8 heteroatoms. The van der Waals surface area contributed by atoms with Crippen molar-refractivity contribution in [1.29, 1.82) is 5.26 Å². The van der Waals surface area contributed by atoms with Crippen molar-refractivity contribution in [2.24, 2.45) is 0 Å². The third kappa shape index (κ3) is 5.74. The Morgan fingerprint density at radius 2 is 1.79 bits per heavy atom. The molecule has 0 fully saturated rings. The first-order chi connectivity index (χ1) is 13.9. The summed E-state index contributed by atoms with van der Waals surface area (Å²) in [4.78, 5) is 9.99. The summed E-state index contributed by atoms with van der Waals surface area (Å²) in [6.07, 6.45) is 2.08. The normalized spacial score (nSPS) is 10.3. The second kappa shape index (κ2) is 9.46. The van der Waals surface area contributed by atoms with Crippen molar-refractivity contribution >= 4 is 29.2 Å². The highest BCUT2D eigenvalue weighted by molar-refractivity contribution is 6.35. The van der Waals surface area contributed by atoms with Gasteiger partial charge in [0.1, 0.15) is 18.1 Å². The minimum absolute atomic E-state index is 0.222. The average molecular weight is 429 g/mol. The van der Waals surface area contributed by atoms with Crippen LogP contribution in [-0.2, 0) is 0 Å². The Morgan fingerprint density at radius 3 is 2.48 bits per heavy atom. The summed E-state index contributed by atoms with van der Waals surface area (Å²) in [7, 11) is 0. The number of benzene rings is 2. The van der Waals surface area contributed by atoms with Gasteiger partial charge in [-0.3, -0.25) is 0 Å². The zero-order valence-corrected chi connectivity index (χ0v) is 17.4. The van der Waals surface area contributed by atoms with Crippen LogP contribution in [-0.4, -0.2) is 23.1 Å². The Morgan fingerprint density at radius 1 is 1.03 bits per heavy atom. The molecule has 0 bridgehead atoms. The molecule has 0 amide bonds. The van der Waals surface area contributed by atoms with Crippen LogP contribution in [0.4, 0.5) is 5.95 Å². The standard InChI is InChI=1S/C21H18Cl2N4O2/c1-14-3-6-17(7-4-14)28-10-9-27(13-24)21-25-15(2)11-20(26-21)29-19-8-5-16(22)12-18(19)23/h3-8,11-12H,9-10H2,1-2H3. The highest BCUT2D eigenvalue weighted by Gasteiger charge is 2.13. The zero-order chi connectivity index (χ0) is 20.8. The van der Waals surface area contributed by atoms with Gasteiger partial charge in [0.05, 0.1) is 11.6 Å². The molecule has 0 atom stereocenters. The predicted molar refractivity (Wildman–Crippen MR) is 113 cm³/mol. The van der Waals surface area contributed by atoms with Gasteiger partial charge in [0.15, 0.2) is 6.19 Å². The second-order valence-electron chi connectivity index (χ2n) is 6.24. The van der Waals surface area contributed by atoms with E-state index in [1.807, 2.05) is 31.2 Å². The Labute approximate surface area is 179 Å². The lowest BCUT2D eigenvalue weighted by Gasteiger charge is -2.16. The number of nitriles is 1. The van der Waals surface area contributed by atoms with Gasteiger partial charge < -0.3 is 9.47 Å². The van der Waals surface area contributed by atoms with Crippen LogP contribution in [0.2, 0.25) is 10.0 Å². The van der Waals surface area contributed by atoms with Crippen molar-refractivity contribution in [2.45, 2.75) is 13.8 Å². The van der Waals surface area contributed by atoms with Gasteiger partial charge in [0, 0.05) is 16.8 Å². The minimum atomic E-state index is 0.222. The topological polar surface area (TPSA) is 71.3 Å². The van der Waals surface area contributed by atoms with Crippen LogP contribution < -0.4 is 14.4 Å². The lowest BCUT2D eigenvalue weighted by atomic mass is 10.2. The van der Waals surface area contributed by atoms with Gasteiger partial charge in [-0.15, -0.1) is 0 Å². The van der Waals surface area contributed by atoms with E-state index >= 15 is 0 Å². The van der Waals surface area contributed by atoms with Gasteiger partial charge in [-0.05, 0) is 44.2 Å². The van der Waals surface area contributed by atoms with E-state index in [9.17, 15) is 5.26 Å². The fourth-order valence-corrected chi connectivity index (χ4v) is 2.90. The van der Waals surface area contributed by atoms with Crippen LogP contribution in [0.25, 0.3) is 0 Å². The maximum absolute atomic E-state index is 9.52. The van der Waals surface area contributed by atoms with Gasteiger partial charge in [-0.1, -0.05) is 40.9 Å². The number of ether oxygens (including phenoxy) is 2. The molecule has 0 radical (unpaired) electrons. The van der Waals surface area contributed by atoms with E-state index in [0.29, 0.717) is 28.1 Å². The number of hydrogen-bond donors (Lipinski definition) is 0. The van der Waals surface area contributed by atoms with E-state index < -0.39 is 0 Å². The average Bonchev–Trinajstić information content (AvgIpc) is 2.68. The highest BCUT2D eigenvalue weighted by Crippen LogP contribution is 2.31. The molecule has 0 spiro atoms. The molecule has 0 aliphatic rings. The highest BCUT2D eigenvalue weighted by atomic mass is 35.5. The Bertz CT molecular complexity index is 1040. The number of anilines is 1. The Kier molecular flexibility index (Phi) is 6.76. The molecule has 0 N–H and O–H groups in total. The van der Waals surface area contributed by atoms with Gasteiger partial charge in [-0.2, -0.15) is 10.2 Å². The lowest BCUT2D eigenvalue weighted by molar-refractivity contribution is 0.327. The molecule has 3 aromatic rings. The van der Waals surface area contributed by atoms with Crippen molar-refractivity contribution in [3.63, 3.8) is 0 Å². The molecule has 29 heavy (non-hydrogen) atoms. The van der Waals surface area contributed by atoms with Crippen LogP contribution in [0.3, 0.4) is 0 Å². The zero-order valence-electron chi connectivity index (χ0n) is 15.9. The summed E-state index contributed by atoms with van der Waals surface area (Å²) in [5.41, 5.74) is 1.80. The summed E-state index contributed by atoms with van der Waals surface area (Å²) < 4.78 is 11.4. The smallest absolute Gasteiger partial charge is 0.242 e. The molecular formula is C21H18Cl2N4O2. The van der Waals surface area contributed by atoms with E-state index in [4.69, 9.17) is 32.7 Å². The van der Waals surface area contributed by atoms with Gasteiger partial charge >= 0.3 is 0 Å². The summed E-state index contributed by atoms with van der Waals surface area (Å²) >= 11 is 12.1. The summed E-state index contributed by atoms with van der Waals surface area (Å²) in [5.74, 6) is 1.64. The molecule has 6 nitrogen and oxygen atoms in total. The Balaban J connectivity index is 1.70. The fraction of sp³-hybridized carbons (Fsp3) is 0.190. The van der Waals surface area contributed by atoms with E-state index in [0.717, 1.165) is 11.3 Å². The number of rotatable bonds is 7. The van der Waals surface area contributed by atoms with Crippen LogP contribution in [0, 0.1) is 25.3 Å². The summed E-state index contributed by atoms with van der Waals surface area (Å²) in [6, 6.07) is 14.3. The summed E-state index contributed by atoms with van der Waals surface area (Å²) in [6.45, 7) is 4.38. The van der Waals surface area contributed by atoms with Gasteiger partial charge in [0.25, 0.3) is 0 Å². The lowest BCUT2D eigenvalue weighted by Crippen LogP contribution is -2.25. The van der Waals surface area contributed by atoms with Crippen molar-refractivity contribution < 1.29 is 9.47 Å². The number of aromatic nitrogens is 2. The molecule has 148 valence electrons. The maximum Gasteiger partial charge on any atom is 0.242 e.